The second-order valence-electron chi connectivity index (χ2n) is 5.14. The van der Waals surface area contributed by atoms with Gasteiger partial charge in [-0.3, -0.25) is 4.68 Å². The predicted octanol–water partition coefficient (Wildman–Crippen LogP) is 3.23. The van der Waals surface area contributed by atoms with Gasteiger partial charge in [0.1, 0.15) is 11.5 Å². The van der Waals surface area contributed by atoms with Crippen LogP contribution in [-0.2, 0) is 7.05 Å². The predicted molar refractivity (Wildman–Crippen MR) is 84.3 cm³/mol. The molecule has 1 aromatic heterocycles. The standard InChI is InChI=1S/C16H23N3O2/c1-10(16-11(2)18-19(4)12(16)3)17-14-8-7-13(20-5)9-15(14)21-6/h7-10,17H,1-6H3. The molecule has 2 aromatic rings. The summed E-state index contributed by atoms with van der Waals surface area (Å²) in [6.45, 7) is 6.24. The molecule has 0 saturated carbocycles. The second-order valence-corrected chi connectivity index (χ2v) is 5.14. The highest BCUT2D eigenvalue weighted by molar-refractivity contribution is 5.60. The zero-order chi connectivity index (χ0) is 15.6. The summed E-state index contributed by atoms with van der Waals surface area (Å²) in [5, 5.41) is 7.96. The second kappa shape index (κ2) is 6.08. The Morgan fingerprint density at radius 3 is 2.43 bits per heavy atom. The van der Waals surface area contributed by atoms with Crippen molar-refractivity contribution in [3.8, 4) is 11.5 Å². The van der Waals surface area contributed by atoms with Crippen molar-refractivity contribution in [2.75, 3.05) is 19.5 Å². The van der Waals surface area contributed by atoms with Crippen LogP contribution in [-0.4, -0.2) is 24.0 Å². The van der Waals surface area contributed by atoms with Gasteiger partial charge < -0.3 is 14.8 Å². The molecule has 1 aromatic carbocycles. The molecule has 0 aliphatic carbocycles. The largest absolute Gasteiger partial charge is 0.497 e. The summed E-state index contributed by atoms with van der Waals surface area (Å²) in [6, 6.07) is 5.90. The highest BCUT2D eigenvalue weighted by atomic mass is 16.5. The lowest BCUT2D eigenvalue weighted by Crippen LogP contribution is -2.10. The van der Waals surface area contributed by atoms with Gasteiger partial charge in [0, 0.05) is 24.4 Å². The fraction of sp³-hybridized carbons (Fsp3) is 0.438. The van der Waals surface area contributed by atoms with Crippen molar-refractivity contribution in [1.29, 1.82) is 0 Å². The van der Waals surface area contributed by atoms with E-state index < -0.39 is 0 Å². The minimum absolute atomic E-state index is 0.140. The number of rotatable bonds is 5. The van der Waals surface area contributed by atoms with Gasteiger partial charge in [-0.25, -0.2) is 0 Å². The molecular weight excluding hydrogens is 266 g/mol. The molecule has 5 heteroatoms. The van der Waals surface area contributed by atoms with Gasteiger partial charge in [-0.1, -0.05) is 0 Å². The van der Waals surface area contributed by atoms with Crippen LogP contribution in [0.3, 0.4) is 0 Å². The number of anilines is 1. The molecule has 0 saturated heterocycles. The molecule has 0 amide bonds. The van der Waals surface area contributed by atoms with E-state index in [1.54, 1.807) is 14.2 Å². The van der Waals surface area contributed by atoms with Crippen LogP contribution in [0, 0.1) is 13.8 Å². The smallest absolute Gasteiger partial charge is 0.145 e. The number of nitrogens with zero attached hydrogens (tertiary/aromatic N) is 2. The maximum absolute atomic E-state index is 5.43. The van der Waals surface area contributed by atoms with Gasteiger partial charge in [-0.05, 0) is 32.9 Å². The first kappa shape index (κ1) is 15.2. The Morgan fingerprint density at radius 1 is 1.19 bits per heavy atom. The molecule has 21 heavy (non-hydrogen) atoms. The SMILES string of the molecule is COc1ccc(NC(C)c2c(C)nn(C)c2C)c(OC)c1. The van der Waals surface area contributed by atoms with Gasteiger partial charge in [-0.2, -0.15) is 5.10 Å². The zero-order valence-corrected chi connectivity index (χ0v) is 13.5. The topological polar surface area (TPSA) is 48.3 Å². The lowest BCUT2D eigenvalue weighted by molar-refractivity contribution is 0.395. The van der Waals surface area contributed by atoms with Crippen molar-refractivity contribution in [2.24, 2.45) is 7.05 Å². The van der Waals surface area contributed by atoms with Crippen molar-refractivity contribution >= 4 is 5.69 Å². The van der Waals surface area contributed by atoms with Gasteiger partial charge in [0.15, 0.2) is 0 Å². The summed E-state index contributed by atoms with van der Waals surface area (Å²) in [4.78, 5) is 0. The first-order valence-electron chi connectivity index (χ1n) is 6.96. The molecule has 0 fully saturated rings. The van der Waals surface area contributed by atoms with E-state index in [2.05, 4.69) is 24.3 Å². The molecule has 0 spiro atoms. The van der Waals surface area contributed by atoms with Crippen molar-refractivity contribution in [1.82, 2.24) is 9.78 Å². The van der Waals surface area contributed by atoms with Crippen LogP contribution in [0.4, 0.5) is 5.69 Å². The number of methoxy groups -OCH3 is 2. The summed E-state index contributed by atoms with van der Waals surface area (Å²) in [5.74, 6) is 1.54. The number of ether oxygens (including phenoxy) is 2. The van der Waals surface area contributed by atoms with Gasteiger partial charge >= 0.3 is 0 Å². The lowest BCUT2D eigenvalue weighted by Gasteiger charge is -2.19. The van der Waals surface area contributed by atoms with E-state index >= 15 is 0 Å². The molecular formula is C16H23N3O2. The third-order valence-electron chi connectivity index (χ3n) is 3.78. The number of hydrogen-bond acceptors (Lipinski definition) is 4. The Bertz CT molecular complexity index is 635. The molecule has 2 rings (SSSR count). The molecule has 5 nitrogen and oxygen atoms in total. The third-order valence-corrected chi connectivity index (χ3v) is 3.78. The maximum atomic E-state index is 5.43. The third kappa shape index (κ3) is 2.96. The van der Waals surface area contributed by atoms with E-state index in [0.717, 1.165) is 22.9 Å². The molecule has 1 unspecified atom stereocenters. The van der Waals surface area contributed by atoms with Crippen LogP contribution in [0.1, 0.15) is 29.9 Å². The molecule has 1 atom stereocenters. The van der Waals surface area contributed by atoms with Crippen LogP contribution < -0.4 is 14.8 Å². The van der Waals surface area contributed by atoms with Crippen LogP contribution in [0.2, 0.25) is 0 Å². The van der Waals surface area contributed by atoms with Crippen molar-refractivity contribution in [3.05, 3.63) is 35.2 Å². The number of aryl methyl sites for hydroxylation is 2. The minimum atomic E-state index is 0.140. The van der Waals surface area contributed by atoms with E-state index in [0.29, 0.717) is 0 Å². The van der Waals surface area contributed by atoms with Gasteiger partial charge in [0.05, 0.1) is 31.6 Å². The fourth-order valence-corrected chi connectivity index (χ4v) is 2.64. The Labute approximate surface area is 125 Å². The van der Waals surface area contributed by atoms with Gasteiger partial charge in [0.25, 0.3) is 0 Å². The molecule has 1 N–H and O–H groups in total. The summed E-state index contributed by atoms with van der Waals surface area (Å²) < 4.78 is 12.6. The molecule has 1 heterocycles. The number of benzene rings is 1. The van der Waals surface area contributed by atoms with Crippen LogP contribution >= 0.6 is 0 Å². The van der Waals surface area contributed by atoms with E-state index in [1.807, 2.05) is 36.9 Å². The van der Waals surface area contributed by atoms with E-state index in [-0.39, 0.29) is 6.04 Å². The Balaban J connectivity index is 2.29. The normalized spacial score (nSPS) is 12.1. The summed E-state index contributed by atoms with van der Waals surface area (Å²) in [5.41, 5.74) is 4.37. The van der Waals surface area contributed by atoms with E-state index in [1.165, 1.54) is 11.3 Å². The first-order chi connectivity index (χ1) is 9.97. The lowest BCUT2D eigenvalue weighted by atomic mass is 10.1. The highest BCUT2D eigenvalue weighted by Gasteiger charge is 2.17. The fourth-order valence-electron chi connectivity index (χ4n) is 2.64. The monoisotopic (exact) mass is 289 g/mol. The van der Waals surface area contributed by atoms with E-state index in [4.69, 9.17) is 9.47 Å². The number of nitrogens with one attached hydrogen (secondary N) is 1. The summed E-state index contributed by atoms with van der Waals surface area (Å²) in [7, 11) is 5.27. The van der Waals surface area contributed by atoms with Crippen molar-refractivity contribution in [3.63, 3.8) is 0 Å². The van der Waals surface area contributed by atoms with Crippen molar-refractivity contribution < 1.29 is 9.47 Å². The van der Waals surface area contributed by atoms with Gasteiger partial charge in [-0.15, -0.1) is 0 Å². The molecule has 114 valence electrons. The summed E-state index contributed by atoms with van der Waals surface area (Å²) in [6.07, 6.45) is 0. The maximum Gasteiger partial charge on any atom is 0.145 e. The summed E-state index contributed by atoms with van der Waals surface area (Å²) >= 11 is 0. The average Bonchev–Trinajstić information content (AvgIpc) is 2.72. The number of hydrogen-bond donors (Lipinski definition) is 1. The molecule has 0 aliphatic heterocycles. The quantitative estimate of drug-likeness (QED) is 0.918. The molecule has 0 aliphatic rings. The van der Waals surface area contributed by atoms with Crippen LogP contribution in [0.15, 0.2) is 18.2 Å². The average molecular weight is 289 g/mol. The molecule has 0 bridgehead atoms. The first-order valence-corrected chi connectivity index (χ1v) is 6.96. The van der Waals surface area contributed by atoms with Crippen LogP contribution in [0.5, 0.6) is 11.5 Å². The van der Waals surface area contributed by atoms with Crippen molar-refractivity contribution in [2.45, 2.75) is 26.8 Å². The van der Waals surface area contributed by atoms with Crippen LogP contribution in [0.25, 0.3) is 0 Å². The Kier molecular flexibility index (Phi) is 4.40. The Morgan fingerprint density at radius 2 is 1.90 bits per heavy atom. The van der Waals surface area contributed by atoms with Gasteiger partial charge in [0.2, 0.25) is 0 Å². The highest BCUT2D eigenvalue weighted by Crippen LogP contribution is 2.33. The van der Waals surface area contributed by atoms with E-state index in [9.17, 15) is 0 Å². The zero-order valence-electron chi connectivity index (χ0n) is 13.5. The molecule has 0 radical (unpaired) electrons. The number of aromatic nitrogens is 2. The minimum Gasteiger partial charge on any atom is -0.497 e. The Hall–Kier alpha value is -2.17.